The van der Waals surface area contributed by atoms with E-state index in [1.807, 2.05) is 4.98 Å². The quantitative estimate of drug-likeness (QED) is 0.565. The summed E-state index contributed by atoms with van der Waals surface area (Å²) in [6.07, 6.45) is -0.713. The zero-order valence-electron chi connectivity index (χ0n) is 8.67. The van der Waals surface area contributed by atoms with Gasteiger partial charge < -0.3 is 14.9 Å². The molecule has 0 saturated carbocycles. The fourth-order valence-electron chi connectivity index (χ4n) is 1.74. The molecule has 1 aliphatic rings. The Bertz CT molecular complexity index is 527. The van der Waals surface area contributed by atoms with Gasteiger partial charge in [-0.05, 0) is 0 Å². The molecule has 94 valence electrons. The highest BCUT2D eigenvalue weighted by Gasteiger charge is 2.46. The highest BCUT2D eigenvalue weighted by atomic mass is 35.5. The molecule has 1 saturated heterocycles. The smallest absolute Gasteiger partial charge is 0.331 e. The van der Waals surface area contributed by atoms with Crippen LogP contribution in [0, 0.1) is 0 Å². The third-order valence-corrected chi connectivity index (χ3v) is 3.01. The van der Waals surface area contributed by atoms with Crippen molar-refractivity contribution in [2.24, 2.45) is 0 Å². The number of H-pyrrole nitrogens is 1. The van der Waals surface area contributed by atoms with Crippen LogP contribution in [0.4, 0.5) is 0 Å². The molecule has 3 atom stereocenters. The largest absolute Gasteiger partial charge is 0.394 e. The van der Waals surface area contributed by atoms with Crippen molar-refractivity contribution in [3.8, 4) is 0 Å². The third kappa shape index (κ3) is 2.14. The fraction of sp³-hybridized carbons (Fsp3) is 0.556. The van der Waals surface area contributed by atoms with E-state index in [0.29, 0.717) is 0 Å². The highest BCUT2D eigenvalue weighted by molar-refractivity contribution is 6.21. The van der Waals surface area contributed by atoms with Crippen LogP contribution in [-0.2, 0) is 9.92 Å². The topological polar surface area (TPSA) is 105 Å². The Balaban J connectivity index is 2.40. The van der Waals surface area contributed by atoms with E-state index in [-0.39, 0.29) is 6.42 Å². The van der Waals surface area contributed by atoms with Crippen LogP contribution in [0.2, 0.25) is 0 Å². The lowest BCUT2D eigenvalue weighted by Crippen LogP contribution is -2.40. The van der Waals surface area contributed by atoms with E-state index in [4.69, 9.17) is 21.4 Å². The third-order valence-electron chi connectivity index (χ3n) is 2.59. The molecular weight excluding hydrogens is 252 g/mol. The molecule has 1 aromatic rings. The Morgan fingerprint density at radius 1 is 1.65 bits per heavy atom. The predicted molar refractivity (Wildman–Crippen MR) is 57.7 cm³/mol. The number of aromatic nitrogens is 2. The van der Waals surface area contributed by atoms with Gasteiger partial charge >= 0.3 is 5.69 Å². The van der Waals surface area contributed by atoms with Crippen molar-refractivity contribution in [3.05, 3.63) is 33.1 Å². The normalized spacial score (nSPS) is 32.9. The standard InChI is InChI=1S/C9H11ClN2O5/c10-9(3-5(14)6(4-13)17-9)12-2-1-7(15)11-8(12)16/h1-2,5-6,13-14H,3-4H2,(H,11,15,16)/t5-,6+,9-/m0/s1. The second-order valence-electron chi connectivity index (χ2n) is 3.78. The first-order chi connectivity index (χ1) is 7.96. The molecule has 17 heavy (non-hydrogen) atoms. The Morgan fingerprint density at radius 2 is 2.35 bits per heavy atom. The monoisotopic (exact) mass is 262 g/mol. The van der Waals surface area contributed by atoms with Crippen molar-refractivity contribution in [2.45, 2.75) is 23.8 Å². The van der Waals surface area contributed by atoms with E-state index in [9.17, 15) is 14.7 Å². The molecule has 0 radical (unpaired) electrons. The van der Waals surface area contributed by atoms with E-state index >= 15 is 0 Å². The lowest BCUT2D eigenvalue weighted by molar-refractivity contribution is -0.0692. The molecule has 0 amide bonds. The van der Waals surface area contributed by atoms with E-state index in [1.54, 1.807) is 0 Å². The molecule has 0 unspecified atom stereocenters. The highest BCUT2D eigenvalue weighted by Crippen LogP contribution is 2.37. The van der Waals surface area contributed by atoms with Crippen LogP contribution in [0.5, 0.6) is 0 Å². The average molecular weight is 263 g/mol. The molecule has 2 heterocycles. The first-order valence-electron chi connectivity index (χ1n) is 4.94. The first kappa shape index (κ1) is 12.3. The second-order valence-corrected chi connectivity index (χ2v) is 4.37. The van der Waals surface area contributed by atoms with Gasteiger partial charge in [0.15, 0.2) is 0 Å². The van der Waals surface area contributed by atoms with Crippen molar-refractivity contribution in [1.29, 1.82) is 0 Å². The molecule has 1 aromatic heterocycles. The van der Waals surface area contributed by atoms with Crippen molar-refractivity contribution in [2.75, 3.05) is 6.61 Å². The SMILES string of the molecule is O=c1ccn([C@@]2(Cl)C[C@H](O)[C@@H](CO)O2)c(=O)[nH]1. The number of aromatic amines is 1. The van der Waals surface area contributed by atoms with Gasteiger partial charge in [-0.1, -0.05) is 11.6 Å². The molecule has 0 aromatic carbocycles. The number of aliphatic hydroxyl groups is 2. The number of rotatable bonds is 2. The molecule has 7 nitrogen and oxygen atoms in total. The van der Waals surface area contributed by atoms with Gasteiger partial charge in [0.05, 0.1) is 12.7 Å². The maximum absolute atomic E-state index is 11.5. The van der Waals surface area contributed by atoms with Crippen LogP contribution in [0.15, 0.2) is 21.9 Å². The summed E-state index contributed by atoms with van der Waals surface area (Å²) in [5.74, 6) is 0. The molecule has 0 bridgehead atoms. The van der Waals surface area contributed by atoms with Gasteiger partial charge in [-0.2, -0.15) is 0 Å². The number of hydrogen-bond acceptors (Lipinski definition) is 5. The maximum Gasteiger partial charge on any atom is 0.331 e. The number of nitrogens with one attached hydrogen (secondary N) is 1. The summed E-state index contributed by atoms with van der Waals surface area (Å²) in [4.78, 5) is 24.5. The molecule has 8 heteroatoms. The van der Waals surface area contributed by atoms with Gasteiger partial charge in [-0.25, -0.2) is 4.79 Å². The summed E-state index contributed by atoms with van der Waals surface area (Å²) in [5.41, 5.74) is -1.29. The Hall–Kier alpha value is -1.15. The summed E-state index contributed by atoms with van der Waals surface area (Å²) >= 11 is 6.07. The van der Waals surface area contributed by atoms with Crippen LogP contribution in [0.3, 0.4) is 0 Å². The number of hydrogen-bond donors (Lipinski definition) is 3. The number of alkyl halides is 1. The Kier molecular flexibility index (Phi) is 3.09. The summed E-state index contributed by atoms with van der Waals surface area (Å²) < 4.78 is 6.19. The van der Waals surface area contributed by atoms with Gasteiger partial charge in [0.1, 0.15) is 6.10 Å². The zero-order chi connectivity index (χ0) is 12.6. The van der Waals surface area contributed by atoms with E-state index in [2.05, 4.69) is 0 Å². The van der Waals surface area contributed by atoms with Crippen molar-refractivity contribution in [3.63, 3.8) is 0 Å². The summed E-state index contributed by atoms with van der Waals surface area (Å²) in [7, 11) is 0. The van der Waals surface area contributed by atoms with E-state index in [1.165, 1.54) is 6.20 Å². The summed E-state index contributed by atoms with van der Waals surface area (Å²) in [5, 5.41) is 16.9. The van der Waals surface area contributed by atoms with E-state index in [0.717, 1.165) is 10.6 Å². The van der Waals surface area contributed by atoms with Crippen LogP contribution < -0.4 is 11.2 Å². The molecule has 1 aliphatic heterocycles. The summed E-state index contributed by atoms with van der Waals surface area (Å²) in [6.45, 7) is -0.409. The molecule has 3 N–H and O–H groups in total. The van der Waals surface area contributed by atoms with Gasteiger partial charge in [-0.15, -0.1) is 0 Å². The van der Waals surface area contributed by atoms with Crippen LogP contribution >= 0.6 is 11.6 Å². The Labute approximate surface area is 100 Å². The van der Waals surface area contributed by atoms with E-state index < -0.39 is 35.2 Å². The fourth-order valence-corrected chi connectivity index (χ4v) is 2.15. The van der Waals surface area contributed by atoms with Gasteiger partial charge in [0.25, 0.3) is 5.56 Å². The van der Waals surface area contributed by atoms with Crippen LogP contribution in [0.1, 0.15) is 6.42 Å². The number of aliphatic hydroxyl groups excluding tert-OH is 2. The van der Waals surface area contributed by atoms with Crippen molar-refractivity contribution >= 4 is 11.6 Å². The molecule has 0 aliphatic carbocycles. The minimum absolute atomic E-state index is 0.0638. The molecular formula is C9H11ClN2O5. The number of halogens is 1. The summed E-state index contributed by atoms with van der Waals surface area (Å²) in [6, 6.07) is 1.12. The Morgan fingerprint density at radius 3 is 2.88 bits per heavy atom. The molecule has 0 spiro atoms. The van der Waals surface area contributed by atoms with Gasteiger partial charge in [-0.3, -0.25) is 14.3 Å². The minimum Gasteiger partial charge on any atom is -0.394 e. The number of ether oxygens (including phenoxy) is 1. The average Bonchev–Trinajstić information content (AvgIpc) is 2.54. The van der Waals surface area contributed by atoms with Crippen LogP contribution in [-0.4, -0.2) is 38.6 Å². The second kappa shape index (κ2) is 4.26. The lowest BCUT2D eigenvalue weighted by Gasteiger charge is -2.23. The predicted octanol–water partition coefficient (Wildman–Crippen LogP) is -1.47. The van der Waals surface area contributed by atoms with Crippen molar-refractivity contribution in [1.82, 2.24) is 9.55 Å². The first-order valence-corrected chi connectivity index (χ1v) is 5.32. The van der Waals surface area contributed by atoms with Gasteiger partial charge in [0, 0.05) is 18.7 Å². The van der Waals surface area contributed by atoms with Gasteiger partial charge in [0.2, 0.25) is 5.18 Å². The molecule has 1 fully saturated rings. The number of nitrogens with zero attached hydrogens (tertiary/aromatic N) is 1. The zero-order valence-corrected chi connectivity index (χ0v) is 9.42. The van der Waals surface area contributed by atoms with Crippen LogP contribution in [0.25, 0.3) is 0 Å². The van der Waals surface area contributed by atoms with Crippen molar-refractivity contribution < 1.29 is 14.9 Å². The molecule has 2 rings (SSSR count). The maximum atomic E-state index is 11.5. The minimum atomic E-state index is -1.59. The lowest BCUT2D eigenvalue weighted by atomic mass is 10.2.